The van der Waals surface area contributed by atoms with Gasteiger partial charge in [0.2, 0.25) is 0 Å². The lowest BCUT2D eigenvalue weighted by molar-refractivity contribution is 0.0746. The van der Waals surface area contributed by atoms with Gasteiger partial charge in [-0.05, 0) is 29.5 Å². The monoisotopic (exact) mass is 388 g/mol. The number of anilines is 2. The summed E-state index contributed by atoms with van der Waals surface area (Å²) in [6.07, 6.45) is 3.15. The van der Waals surface area contributed by atoms with Gasteiger partial charge in [0.25, 0.3) is 5.91 Å². The van der Waals surface area contributed by atoms with Gasteiger partial charge in [0.05, 0.1) is 12.4 Å². The van der Waals surface area contributed by atoms with Gasteiger partial charge in [0, 0.05) is 18.8 Å². The van der Waals surface area contributed by atoms with Gasteiger partial charge in [0.15, 0.2) is 0 Å². The van der Waals surface area contributed by atoms with E-state index in [1.807, 2.05) is 55.5 Å². The Morgan fingerprint density at radius 3 is 2.28 bits per heavy atom. The molecule has 5 heteroatoms. The number of amides is 1. The van der Waals surface area contributed by atoms with Crippen molar-refractivity contribution in [2.24, 2.45) is 0 Å². The molecule has 0 aliphatic rings. The van der Waals surface area contributed by atoms with Crippen molar-refractivity contribution in [3.05, 3.63) is 83.8 Å². The summed E-state index contributed by atoms with van der Waals surface area (Å²) in [4.78, 5) is 23.4. The molecule has 2 aromatic carbocycles. The van der Waals surface area contributed by atoms with E-state index in [-0.39, 0.29) is 11.3 Å². The Morgan fingerprint density at radius 2 is 1.66 bits per heavy atom. The van der Waals surface area contributed by atoms with Crippen LogP contribution in [0.25, 0.3) is 0 Å². The standard InChI is InChI=1S/C24H28N4O/c1-5-28(17-18-11-7-6-8-12-18)23(29)21-15-26-22(16-25-21)27-20-14-10-9-13-19(20)24(2,3)4/h6-16H,5,17H2,1-4H3,(H,26,27). The van der Waals surface area contributed by atoms with E-state index in [0.29, 0.717) is 24.6 Å². The third-order valence-corrected chi connectivity index (χ3v) is 4.75. The lowest BCUT2D eigenvalue weighted by Crippen LogP contribution is -2.31. The molecule has 3 aromatic rings. The number of hydrogen-bond donors (Lipinski definition) is 1. The van der Waals surface area contributed by atoms with Gasteiger partial charge in [-0.15, -0.1) is 0 Å². The summed E-state index contributed by atoms with van der Waals surface area (Å²) in [7, 11) is 0. The first kappa shape index (κ1) is 20.5. The predicted octanol–water partition coefficient (Wildman–Crippen LogP) is 5.18. The summed E-state index contributed by atoms with van der Waals surface area (Å²) in [5.74, 6) is 0.495. The average molecular weight is 389 g/mol. The van der Waals surface area contributed by atoms with Crippen molar-refractivity contribution in [2.45, 2.75) is 39.7 Å². The molecule has 0 saturated carbocycles. The van der Waals surface area contributed by atoms with Crippen LogP contribution in [0.2, 0.25) is 0 Å². The molecule has 1 amide bonds. The first-order valence-corrected chi connectivity index (χ1v) is 9.90. The number of nitrogens with zero attached hydrogens (tertiary/aromatic N) is 3. The molecular formula is C24H28N4O. The van der Waals surface area contributed by atoms with Crippen LogP contribution in [0, 0.1) is 0 Å². The van der Waals surface area contributed by atoms with Crippen molar-refractivity contribution in [3.63, 3.8) is 0 Å². The Bertz CT molecular complexity index is 947. The lowest BCUT2D eigenvalue weighted by Gasteiger charge is -2.23. The van der Waals surface area contributed by atoms with Crippen LogP contribution >= 0.6 is 0 Å². The maximum absolute atomic E-state index is 12.8. The van der Waals surface area contributed by atoms with E-state index in [0.717, 1.165) is 11.3 Å². The van der Waals surface area contributed by atoms with Crippen LogP contribution in [0.4, 0.5) is 11.5 Å². The molecule has 1 N–H and O–H groups in total. The number of nitrogens with one attached hydrogen (secondary N) is 1. The first-order chi connectivity index (χ1) is 13.9. The number of aromatic nitrogens is 2. The molecule has 150 valence electrons. The zero-order valence-corrected chi connectivity index (χ0v) is 17.5. The second-order valence-corrected chi connectivity index (χ2v) is 8.01. The molecule has 3 rings (SSSR count). The van der Waals surface area contributed by atoms with Crippen molar-refractivity contribution < 1.29 is 4.79 Å². The van der Waals surface area contributed by atoms with Gasteiger partial charge in [-0.2, -0.15) is 0 Å². The number of hydrogen-bond acceptors (Lipinski definition) is 4. The van der Waals surface area contributed by atoms with E-state index in [4.69, 9.17) is 0 Å². The number of para-hydroxylation sites is 1. The normalized spacial score (nSPS) is 11.2. The lowest BCUT2D eigenvalue weighted by atomic mass is 9.86. The fourth-order valence-corrected chi connectivity index (χ4v) is 3.18. The molecule has 5 nitrogen and oxygen atoms in total. The molecule has 0 saturated heterocycles. The van der Waals surface area contributed by atoms with Gasteiger partial charge in [0.1, 0.15) is 11.5 Å². The second-order valence-electron chi connectivity index (χ2n) is 8.01. The Balaban J connectivity index is 1.74. The fraction of sp³-hybridized carbons (Fsp3) is 0.292. The SMILES string of the molecule is CCN(Cc1ccccc1)C(=O)c1cnc(Nc2ccccc2C(C)(C)C)cn1. The van der Waals surface area contributed by atoms with Gasteiger partial charge in [-0.25, -0.2) is 9.97 Å². The van der Waals surface area contributed by atoms with Gasteiger partial charge < -0.3 is 10.2 Å². The predicted molar refractivity (Wildman–Crippen MR) is 117 cm³/mol. The van der Waals surface area contributed by atoms with E-state index >= 15 is 0 Å². The molecular weight excluding hydrogens is 360 g/mol. The number of benzene rings is 2. The maximum atomic E-state index is 12.8. The molecule has 0 unspecified atom stereocenters. The molecule has 0 bridgehead atoms. The molecule has 29 heavy (non-hydrogen) atoms. The van der Waals surface area contributed by atoms with Crippen LogP contribution < -0.4 is 5.32 Å². The van der Waals surface area contributed by atoms with E-state index in [9.17, 15) is 4.79 Å². The van der Waals surface area contributed by atoms with E-state index in [2.05, 4.69) is 42.1 Å². The van der Waals surface area contributed by atoms with Crippen LogP contribution in [0.5, 0.6) is 0 Å². The van der Waals surface area contributed by atoms with Crippen molar-refractivity contribution >= 4 is 17.4 Å². The molecule has 0 atom stereocenters. The fourth-order valence-electron chi connectivity index (χ4n) is 3.18. The third kappa shape index (κ3) is 5.19. The molecule has 0 spiro atoms. The number of carbonyl (C=O) groups is 1. The summed E-state index contributed by atoms with van der Waals surface area (Å²) >= 11 is 0. The van der Waals surface area contributed by atoms with Crippen molar-refractivity contribution in [1.29, 1.82) is 0 Å². The van der Waals surface area contributed by atoms with Crippen LogP contribution in [0.15, 0.2) is 67.0 Å². The van der Waals surface area contributed by atoms with Crippen LogP contribution in [-0.2, 0) is 12.0 Å². The largest absolute Gasteiger partial charge is 0.339 e. The van der Waals surface area contributed by atoms with Crippen molar-refractivity contribution in [1.82, 2.24) is 14.9 Å². The smallest absolute Gasteiger partial charge is 0.274 e. The highest BCUT2D eigenvalue weighted by atomic mass is 16.2. The summed E-state index contributed by atoms with van der Waals surface area (Å²) < 4.78 is 0. The first-order valence-electron chi connectivity index (χ1n) is 9.90. The highest BCUT2D eigenvalue weighted by Crippen LogP contribution is 2.30. The summed E-state index contributed by atoms with van der Waals surface area (Å²) in [6.45, 7) is 9.64. The van der Waals surface area contributed by atoms with Gasteiger partial charge >= 0.3 is 0 Å². The van der Waals surface area contributed by atoms with Crippen LogP contribution in [-0.4, -0.2) is 27.3 Å². The van der Waals surface area contributed by atoms with E-state index < -0.39 is 0 Å². The summed E-state index contributed by atoms with van der Waals surface area (Å²) in [5.41, 5.74) is 3.63. The number of rotatable bonds is 6. The van der Waals surface area contributed by atoms with Crippen LogP contribution in [0.3, 0.4) is 0 Å². The minimum Gasteiger partial charge on any atom is -0.339 e. The van der Waals surface area contributed by atoms with Crippen molar-refractivity contribution in [3.8, 4) is 0 Å². The molecule has 1 aromatic heterocycles. The Hall–Kier alpha value is -3.21. The Kier molecular flexibility index (Phi) is 6.27. The van der Waals surface area contributed by atoms with E-state index in [1.54, 1.807) is 11.1 Å². The molecule has 0 fully saturated rings. The number of carbonyl (C=O) groups excluding carboxylic acids is 1. The average Bonchev–Trinajstić information content (AvgIpc) is 2.72. The Labute approximate surface area is 172 Å². The van der Waals surface area contributed by atoms with Gasteiger partial charge in [-0.3, -0.25) is 4.79 Å². The second kappa shape index (κ2) is 8.86. The summed E-state index contributed by atoms with van der Waals surface area (Å²) in [5, 5.41) is 3.33. The minimum atomic E-state index is -0.120. The Morgan fingerprint density at radius 1 is 0.966 bits per heavy atom. The zero-order chi connectivity index (χ0) is 20.9. The van der Waals surface area contributed by atoms with E-state index in [1.165, 1.54) is 11.8 Å². The highest BCUT2D eigenvalue weighted by molar-refractivity contribution is 5.92. The molecule has 0 radical (unpaired) electrons. The highest BCUT2D eigenvalue weighted by Gasteiger charge is 2.19. The topological polar surface area (TPSA) is 58.1 Å². The van der Waals surface area contributed by atoms with Gasteiger partial charge in [-0.1, -0.05) is 69.3 Å². The van der Waals surface area contributed by atoms with Crippen LogP contribution in [0.1, 0.15) is 49.3 Å². The molecule has 1 heterocycles. The van der Waals surface area contributed by atoms with Crippen molar-refractivity contribution in [2.75, 3.05) is 11.9 Å². The minimum absolute atomic E-state index is 0.00595. The molecule has 0 aliphatic carbocycles. The zero-order valence-electron chi connectivity index (χ0n) is 17.5. The summed E-state index contributed by atoms with van der Waals surface area (Å²) in [6, 6.07) is 18.1. The third-order valence-electron chi connectivity index (χ3n) is 4.75. The molecule has 0 aliphatic heterocycles. The quantitative estimate of drug-likeness (QED) is 0.632. The maximum Gasteiger partial charge on any atom is 0.274 e.